The summed E-state index contributed by atoms with van der Waals surface area (Å²) in [6, 6.07) is 5.99. The molecule has 2 rings (SSSR count). The molecule has 1 fully saturated rings. The van der Waals surface area contributed by atoms with Crippen LogP contribution >= 0.6 is 0 Å². The number of hydrogen-bond acceptors (Lipinski definition) is 4. The maximum Gasteiger partial charge on any atom is 0.317 e. The highest BCUT2D eigenvalue weighted by Gasteiger charge is 2.44. The predicted molar refractivity (Wildman–Crippen MR) is 77.3 cm³/mol. The van der Waals surface area contributed by atoms with Gasteiger partial charge in [-0.2, -0.15) is 0 Å². The minimum atomic E-state index is -1.06. The number of ether oxygens (including phenoxy) is 2. The van der Waals surface area contributed by atoms with E-state index in [2.05, 4.69) is 0 Å². The van der Waals surface area contributed by atoms with E-state index < -0.39 is 17.2 Å². The summed E-state index contributed by atoms with van der Waals surface area (Å²) < 4.78 is 24.3. The second-order valence-electron chi connectivity index (χ2n) is 5.64. The number of nitrogens with two attached hydrogens (primary N) is 1. The number of rotatable bonds is 5. The lowest BCUT2D eigenvalue weighted by molar-refractivity contribution is -0.149. The maximum absolute atomic E-state index is 13.6. The van der Waals surface area contributed by atoms with Crippen LogP contribution in [0.25, 0.3) is 0 Å². The Kier molecular flexibility index (Phi) is 4.96. The molecule has 5 heteroatoms. The minimum Gasteiger partial charge on any atom is -0.468 e. The summed E-state index contributed by atoms with van der Waals surface area (Å²) in [4.78, 5) is 12.4. The monoisotopic (exact) mass is 295 g/mol. The van der Waals surface area contributed by atoms with Crippen LogP contribution in [0, 0.1) is 5.82 Å². The molecule has 1 saturated heterocycles. The highest BCUT2D eigenvalue weighted by Crippen LogP contribution is 2.35. The molecule has 3 atom stereocenters. The number of benzene rings is 1. The Balaban J connectivity index is 2.35. The van der Waals surface area contributed by atoms with Crippen molar-refractivity contribution in [3.05, 3.63) is 35.6 Å². The molecule has 1 aliphatic heterocycles. The van der Waals surface area contributed by atoms with Crippen molar-refractivity contribution in [2.75, 3.05) is 13.7 Å². The van der Waals surface area contributed by atoms with E-state index in [1.165, 1.54) is 19.2 Å². The van der Waals surface area contributed by atoms with E-state index in [-0.39, 0.29) is 18.8 Å². The van der Waals surface area contributed by atoms with Gasteiger partial charge in [0.25, 0.3) is 0 Å². The number of carbonyl (C=O) groups is 1. The van der Waals surface area contributed by atoms with E-state index >= 15 is 0 Å². The van der Waals surface area contributed by atoms with Gasteiger partial charge in [-0.05, 0) is 43.9 Å². The van der Waals surface area contributed by atoms with E-state index in [4.69, 9.17) is 15.2 Å². The fourth-order valence-corrected chi connectivity index (χ4v) is 3.01. The molecule has 0 bridgehead atoms. The lowest BCUT2D eigenvalue weighted by atomic mass is 9.75. The molecule has 2 N–H and O–H groups in total. The van der Waals surface area contributed by atoms with Crippen LogP contribution in [-0.2, 0) is 19.7 Å². The fraction of sp³-hybridized carbons (Fsp3) is 0.562. The van der Waals surface area contributed by atoms with Gasteiger partial charge < -0.3 is 15.2 Å². The van der Waals surface area contributed by atoms with Gasteiger partial charge in [0.15, 0.2) is 0 Å². The summed E-state index contributed by atoms with van der Waals surface area (Å²) in [5.41, 5.74) is 5.38. The number of halogens is 1. The third kappa shape index (κ3) is 3.24. The number of carbonyl (C=O) groups excluding carboxylic acids is 1. The molecule has 1 aromatic rings. The van der Waals surface area contributed by atoms with Gasteiger partial charge >= 0.3 is 5.97 Å². The largest absolute Gasteiger partial charge is 0.468 e. The first-order chi connectivity index (χ1) is 10.0. The molecule has 0 spiro atoms. The van der Waals surface area contributed by atoms with Crippen molar-refractivity contribution in [1.82, 2.24) is 0 Å². The molecule has 0 aliphatic carbocycles. The van der Waals surface area contributed by atoms with Crippen molar-refractivity contribution in [3.63, 3.8) is 0 Å². The molecular formula is C16H22FNO3. The van der Waals surface area contributed by atoms with Crippen molar-refractivity contribution in [3.8, 4) is 0 Å². The first-order valence-electron chi connectivity index (χ1n) is 7.22. The van der Waals surface area contributed by atoms with Crippen molar-refractivity contribution in [1.29, 1.82) is 0 Å². The SMILES string of the molecule is COC(=O)C(CN)(CC1CCC(C)O1)c1cccc(F)c1. The summed E-state index contributed by atoms with van der Waals surface area (Å²) in [7, 11) is 1.32. The fourth-order valence-electron chi connectivity index (χ4n) is 3.01. The van der Waals surface area contributed by atoms with Crippen molar-refractivity contribution in [2.45, 2.75) is 43.8 Å². The zero-order valence-corrected chi connectivity index (χ0v) is 12.5. The lowest BCUT2D eigenvalue weighted by Gasteiger charge is -2.32. The molecular weight excluding hydrogens is 273 g/mol. The highest BCUT2D eigenvalue weighted by molar-refractivity contribution is 5.83. The Hall–Kier alpha value is -1.46. The number of methoxy groups -OCH3 is 1. The normalized spacial score (nSPS) is 24.6. The van der Waals surface area contributed by atoms with Crippen LogP contribution in [-0.4, -0.2) is 31.8 Å². The quantitative estimate of drug-likeness (QED) is 0.846. The standard InChI is InChI=1S/C16H22FNO3/c1-11-6-7-14(21-11)9-16(10-18,15(19)20-2)12-4-3-5-13(17)8-12/h3-5,8,11,14H,6-7,9-10,18H2,1-2H3. The topological polar surface area (TPSA) is 61.5 Å². The summed E-state index contributed by atoms with van der Waals surface area (Å²) in [5.74, 6) is -0.839. The van der Waals surface area contributed by atoms with Crippen LogP contribution in [0.2, 0.25) is 0 Å². The maximum atomic E-state index is 13.6. The van der Waals surface area contributed by atoms with E-state index in [1.807, 2.05) is 6.92 Å². The van der Waals surface area contributed by atoms with Crippen LogP contribution in [0.4, 0.5) is 4.39 Å². The minimum absolute atomic E-state index is 0.0529. The molecule has 0 saturated carbocycles. The van der Waals surface area contributed by atoms with E-state index in [1.54, 1.807) is 12.1 Å². The summed E-state index contributed by atoms with van der Waals surface area (Å²) in [6.07, 6.45) is 2.34. The average molecular weight is 295 g/mol. The zero-order valence-electron chi connectivity index (χ0n) is 12.5. The number of hydrogen-bond donors (Lipinski definition) is 1. The van der Waals surface area contributed by atoms with Gasteiger partial charge in [0.2, 0.25) is 0 Å². The molecule has 21 heavy (non-hydrogen) atoms. The Bertz CT molecular complexity index is 508. The van der Waals surface area contributed by atoms with Crippen LogP contribution in [0.1, 0.15) is 31.7 Å². The first kappa shape index (κ1) is 15.9. The third-order valence-electron chi connectivity index (χ3n) is 4.20. The van der Waals surface area contributed by atoms with Gasteiger partial charge in [-0.25, -0.2) is 4.39 Å². The van der Waals surface area contributed by atoms with Crippen molar-refractivity contribution >= 4 is 5.97 Å². The smallest absolute Gasteiger partial charge is 0.317 e. The highest BCUT2D eigenvalue weighted by atomic mass is 19.1. The van der Waals surface area contributed by atoms with E-state index in [9.17, 15) is 9.18 Å². The molecule has 116 valence electrons. The summed E-state index contributed by atoms with van der Waals surface area (Å²) in [5, 5.41) is 0. The molecule has 1 aliphatic rings. The van der Waals surface area contributed by atoms with Crippen LogP contribution in [0.5, 0.6) is 0 Å². The van der Waals surface area contributed by atoms with Crippen LogP contribution in [0.3, 0.4) is 0 Å². The predicted octanol–water partition coefficient (Wildman–Crippen LogP) is 2.15. The Morgan fingerprint density at radius 2 is 2.29 bits per heavy atom. The molecule has 0 radical (unpaired) electrons. The molecule has 3 unspecified atom stereocenters. The van der Waals surface area contributed by atoms with Gasteiger partial charge in [0.05, 0.1) is 19.3 Å². The average Bonchev–Trinajstić information content (AvgIpc) is 2.89. The Morgan fingerprint density at radius 3 is 2.81 bits per heavy atom. The molecule has 1 aromatic carbocycles. The molecule has 0 amide bonds. The molecule has 4 nitrogen and oxygen atoms in total. The van der Waals surface area contributed by atoms with Crippen molar-refractivity contribution in [2.24, 2.45) is 5.73 Å². The summed E-state index contributed by atoms with van der Waals surface area (Å²) >= 11 is 0. The first-order valence-corrected chi connectivity index (χ1v) is 7.22. The molecule has 0 aromatic heterocycles. The van der Waals surface area contributed by atoms with Gasteiger partial charge in [-0.1, -0.05) is 12.1 Å². The van der Waals surface area contributed by atoms with Gasteiger partial charge in [0, 0.05) is 6.54 Å². The summed E-state index contributed by atoms with van der Waals surface area (Å²) in [6.45, 7) is 2.06. The Labute approximate surface area is 124 Å². The van der Waals surface area contributed by atoms with Crippen molar-refractivity contribution < 1.29 is 18.7 Å². The van der Waals surface area contributed by atoms with E-state index in [0.29, 0.717) is 12.0 Å². The second-order valence-corrected chi connectivity index (χ2v) is 5.64. The number of esters is 1. The van der Waals surface area contributed by atoms with Crippen LogP contribution in [0.15, 0.2) is 24.3 Å². The van der Waals surface area contributed by atoms with E-state index in [0.717, 1.165) is 12.8 Å². The van der Waals surface area contributed by atoms with Gasteiger partial charge in [-0.15, -0.1) is 0 Å². The van der Waals surface area contributed by atoms with Crippen LogP contribution < -0.4 is 5.73 Å². The Morgan fingerprint density at radius 1 is 1.52 bits per heavy atom. The zero-order chi connectivity index (χ0) is 15.5. The second kappa shape index (κ2) is 6.54. The van der Waals surface area contributed by atoms with Gasteiger partial charge in [-0.3, -0.25) is 4.79 Å². The van der Waals surface area contributed by atoms with Gasteiger partial charge in [0.1, 0.15) is 11.2 Å². The third-order valence-corrected chi connectivity index (χ3v) is 4.20. The molecule has 1 heterocycles. The lowest BCUT2D eigenvalue weighted by Crippen LogP contribution is -2.46.